The van der Waals surface area contributed by atoms with Gasteiger partial charge in [0, 0.05) is 19.0 Å². The molecule has 0 aliphatic carbocycles. The molecule has 1 heterocycles. The minimum Gasteiger partial charge on any atom is -0.355 e. The Hall–Kier alpha value is -0.610. The van der Waals surface area contributed by atoms with Crippen LogP contribution in [-0.2, 0) is 4.79 Å². The van der Waals surface area contributed by atoms with Gasteiger partial charge >= 0.3 is 0 Å². The summed E-state index contributed by atoms with van der Waals surface area (Å²) in [4.78, 5) is 14.2. The molecule has 1 aliphatic heterocycles. The molecule has 2 unspecified atom stereocenters. The molecule has 18 heavy (non-hydrogen) atoms. The van der Waals surface area contributed by atoms with E-state index in [1.807, 2.05) is 0 Å². The zero-order valence-electron chi connectivity index (χ0n) is 12.1. The lowest BCUT2D eigenvalue weighted by Gasteiger charge is -2.21. The van der Waals surface area contributed by atoms with Crippen molar-refractivity contribution in [2.45, 2.75) is 45.6 Å². The smallest absolute Gasteiger partial charge is 0.220 e. The molecule has 0 bridgehead atoms. The highest BCUT2D eigenvalue weighted by Crippen LogP contribution is 2.15. The van der Waals surface area contributed by atoms with Gasteiger partial charge in [0.05, 0.1) is 0 Å². The van der Waals surface area contributed by atoms with Gasteiger partial charge in [-0.1, -0.05) is 13.8 Å². The average molecular weight is 255 g/mol. The fraction of sp³-hybridized carbons (Fsp3) is 0.929. The van der Waals surface area contributed by atoms with E-state index in [-0.39, 0.29) is 5.91 Å². The molecule has 106 valence electrons. The Kier molecular flexibility index (Phi) is 6.65. The summed E-state index contributed by atoms with van der Waals surface area (Å²) in [5.41, 5.74) is 5.72. The van der Waals surface area contributed by atoms with Crippen molar-refractivity contribution >= 4 is 5.91 Å². The number of carbonyl (C=O) groups excluding carboxylic acids is 1. The lowest BCUT2D eigenvalue weighted by atomic mass is 9.94. The first-order valence-corrected chi connectivity index (χ1v) is 7.20. The molecule has 0 radical (unpaired) electrons. The maximum absolute atomic E-state index is 11.9. The standard InChI is InChI=1S/C14H29N3O/c1-11(2)7-12(9-15)8-14(18)16-10-13-5-4-6-17(13)3/h11-13H,4-10,15H2,1-3H3,(H,16,18). The van der Waals surface area contributed by atoms with Crippen LogP contribution in [0.15, 0.2) is 0 Å². The number of likely N-dealkylation sites (N-methyl/N-ethyl adjacent to an activating group) is 1. The van der Waals surface area contributed by atoms with Crippen molar-refractivity contribution in [2.75, 3.05) is 26.7 Å². The molecule has 1 amide bonds. The van der Waals surface area contributed by atoms with E-state index in [2.05, 4.69) is 31.1 Å². The molecule has 1 aliphatic rings. The van der Waals surface area contributed by atoms with Gasteiger partial charge in [0.25, 0.3) is 0 Å². The molecule has 1 saturated heterocycles. The SMILES string of the molecule is CC(C)CC(CN)CC(=O)NCC1CCCN1C. The molecule has 4 nitrogen and oxygen atoms in total. The monoisotopic (exact) mass is 255 g/mol. The number of carbonyl (C=O) groups is 1. The maximum Gasteiger partial charge on any atom is 0.220 e. The number of nitrogens with one attached hydrogen (secondary N) is 1. The highest BCUT2D eigenvalue weighted by Gasteiger charge is 2.21. The Morgan fingerprint density at radius 1 is 1.50 bits per heavy atom. The van der Waals surface area contributed by atoms with Crippen molar-refractivity contribution in [3.63, 3.8) is 0 Å². The van der Waals surface area contributed by atoms with E-state index in [0.29, 0.717) is 30.8 Å². The summed E-state index contributed by atoms with van der Waals surface area (Å²) in [6.07, 6.45) is 4.05. The van der Waals surface area contributed by atoms with Crippen molar-refractivity contribution in [2.24, 2.45) is 17.6 Å². The summed E-state index contributed by atoms with van der Waals surface area (Å²) in [6.45, 7) is 6.89. The largest absolute Gasteiger partial charge is 0.355 e. The summed E-state index contributed by atoms with van der Waals surface area (Å²) in [7, 11) is 2.13. The first-order valence-electron chi connectivity index (χ1n) is 7.20. The Morgan fingerprint density at radius 2 is 2.22 bits per heavy atom. The average Bonchev–Trinajstić information content (AvgIpc) is 2.70. The molecular formula is C14H29N3O. The van der Waals surface area contributed by atoms with Crippen molar-refractivity contribution in [1.82, 2.24) is 10.2 Å². The fourth-order valence-electron chi connectivity index (χ4n) is 2.73. The van der Waals surface area contributed by atoms with Crippen LogP contribution in [0.5, 0.6) is 0 Å². The Labute approximate surface area is 111 Å². The normalized spacial score (nSPS) is 22.4. The Balaban J connectivity index is 2.23. The second-order valence-corrected chi connectivity index (χ2v) is 6.02. The molecule has 0 spiro atoms. The predicted molar refractivity (Wildman–Crippen MR) is 75.3 cm³/mol. The lowest BCUT2D eigenvalue weighted by molar-refractivity contribution is -0.122. The number of nitrogens with zero attached hydrogens (tertiary/aromatic N) is 1. The summed E-state index contributed by atoms with van der Waals surface area (Å²) in [5.74, 6) is 1.09. The molecule has 4 heteroatoms. The van der Waals surface area contributed by atoms with Crippen molar-refractivity contribution in [1.29, 1.82) is 0 Å². The van der Waals surface area contributed by atoms with Gasteiger partial charge in [-0.15, -0.1) is 0 Å². The first-order chi connectivity index (χ1) is 8.52. The van der Waals surface area contributed by atoms with Gasteiger partial charge in [0.2, 0.25) is 5.91 Å². The predicted octanol–water partition coefficient (Wildman–Crippen LogP) is 1.21. The van der Waals surface area contributed by atoms with E-state index in [1.54, 1.807) is 0 Å². The van der Waals surface area contributed by atoms with Gasteiger partial charge < -0.3 is 16.0 Å². The molecule has 0 aromatic heterocycles. The van der Waals surface area contributed by atoms with Crippen molar-refractivity contribution < 1.29 is 4.79 Å². The van der Waals surface area contributed by atoms with E-state index >= 15 is 0 Å². The second kappa shape index (κ2) is 7.74. The number of rotatable bonds is 7. The summed E-state index contributed by atoms with van der Waals surface area (Å²) in [5, 5.41) is 3.06. The van der Waals surface area contributed by atoms with Crippen LogP contribution >= 0.6 is 0 Å². The summed E-state index contributed by atoms with van der Waals surface area (Å²) >= 11 is 0. The van der Waals surface area contributed by atoms with Gasteiger partial charge in [-0.3, -0.25) is 4.79 Å². The van der Waals surface area contributed by atoms with Gasteiger partial charge in [-0.25, -0.2) is 0 Å². The maximum atomic E-state index is 11.9. The van der Waals surface area contributed by atoms with Crippen molar-refractivity contribution in [3.05, 3.63) is 0 Å². The van der Waals surface area contributed by atoms with E-state index < -0.39 is 0 Å². The van der Waals surface area contributed by atoms with Crippen LogP contribution in [0.4, 0.5) is 0 Å². The lowest BCUT2D eigenvalue weighted by Crippen LogP contribution is -2.39. The van der Waals surface area contributed by atoms with Gasteiger partial charge in [0.15, 0.2) is 0 Å². The molecule has 1 rings (SSSR count). The summed E-state index contributed by atoms with van der Waals surface area (Å²) < 4.78 is 0. The molecule has 2 atom stereocenters. The van der Waals surface area contributed by atoms with Crippen LogP contribution in [0.1, 0.15) is 39.5 Å². The third-order valence-electron chi connectivity index (χ3n) is 3.82. The van der Waals surface area contributed by atoms with E-state index in [4.69, 9.17) is 5.73 Å². The number of likely N-dealkylation sites (tertiary alicyclic amines) is 1. The van der Waals surface area contributed by atoms with Gasteiger partial charge in [0.1, 0.15) is 0 Å². The van der Waals surface area contributed by atoms with Crippen LogP contribution in [-0.4, -0.2) is 43.5 Å². The minimum atomic E-state index is 0.159. The Morgan fingerprint density at radius 3 is 2.72 bits per heavy atom. The number of hydrogen-bond donors (Lipinski definition) is 2. The van der Waals surface area contributed by atoms with Crippen molar-refractivity contribution in [3.8, 4) is 0 Å². The highest BCUT2D eigenvalue weighted by molar-refractivity contribution is 5.76. The molecule has 0 aromatic carbocycles. The molecule has 0 aromatic rings. The third-order valence-corrected chi connectivity index (χ3v) is 3.82. The highest BCUT2D eigenvalue weighted by atomic mass is 16.1. The quantitative estimate of drug-likeness (QED) is 0.719. The van der Waals surface area contributed by atoms with Crippen LogP contribution in [0.3, 0.4) is 0 Å². The number of amides is 1. The van der Waals surface area contributed by atoms with Crippen LogP contribution in [0, 0.1) is 11.8 Å². The molecule has 3 N–H and O–H groups in total. The summed E-state index contributed by atoms with van der Waals surface area (Å²) in [6, 6.07) is 0.523. The van der Waals surface area contributed by atoms with Crippen LogP contribution < -0.4 is 11.1 Å². The molecular weight excluding hydrogens is 226 g/mol. The van der Waals surface area contributed by atoms with Gasteiger partial charge in [-0.2, -0.15) is 0 Å². The first kappa shape index (κ1) is 15.4. The third kappa shape index (κ3) is 5.36. The van der Waals surface area contributed by atoms with E-state index in [0.717, 1.165) is 19.5 Å². The fourth-order valence-corrected chi connectivity index (χ4v) is 2.73. The number of hydrogen-bond acceptors (Lipinski definition) is 3. The number of nitrogens with two attached hydrogens (primary N) is 1. The van der Waals surface area contributed by atoms with E-state index in [9.17, 15) is 4.79 Å². The van der Waals surface area contributed by atoms with Crippen LogP contribution in [0.2, 0.25) is 0 Å². The molecule has 1 fully saturated rings. The zero-order chi connectivity index (χ0) is 13.5. The Bertz CT molecular complexity index is 255. The van der Waals surface area contributed by atoms with Crippen LogP contribution in [0.25, 0.3) is 0 Å². The zero-order valence-corrected chi connectivity index (χ0v) is 12.1. The van der Waals surface area contributed by atoms with Gasteiger partial charge in [-0.05, 0) is 51.2 Å². The van der Waals surface area contributed by atoms with E-state index in [1.165, 1.54) is 12.8 Å². The topological polar surface area (TPSA) is 58.4 Å². The minimum absolute atomic E-state index is 0.159. The molecule has 0 saturated carbocycles. The second-order valence-electron chi connectivity index (χ2n) is 6.02.